The van der Waals surface area contributed by atoms with Gasteiger partial charge < -0.3 is 10.5 Å². The van der Waals surface area contributed by atoms with Gasteiger partial charge in [-0.15, -0.1) is 0 Å². The molecule has 6 heteroatoms. The molecule has 124 valence electrons. The van der Waals surface area contributed by atoms with Crippen molar-refractivity contribution in [1.29, 1.82) is 5.26 Å². The van der Waals surface area contributed by atoms with Crippen LogP contribution in [-0.4, -0.2) is 12.1 Å². The van der Waals surface area contributed by atoms with E-state index in [1.807, 2.05) is 12.1 Å². The third-order valence-corrected chi connectivity index (χ3v) is 4.39. The molecule has 0 aliphatic rings. The maximum Gasteiger partial charge on any atom is 0.142 e. The molecule has 3 aromatic rings. The minimum absolute atomic E-state index is 0.0604. The Balaban J connectivity index is 2.24. The van der Waals surface area contributed by atoms with Gasteiger partial charge >= 0.3 is 0 Å². The van der Waals surface area contributed by atoms with Crippen molar-refractivity contribution in [2.75, 3.05) is 12.8 Å². The summed E-state index contributed by atoms with van der Waals surface area (Å²) in [5.41, 5.74) is 8.23. The summed E-state index contributed by atoms with van der Waals surface area (Å²) >= 11 is 3.43. The highest BCUT2D eigenvalue weighted by molar-refractivity contribution is 9.10. The van der Waals surface area contributed by atoms with Crippen LogP contribution in [0.2, 0.25) is 0 Å². The van der Waals surface area contributed by atoms with Crippen molar-refractivity contribution < 1.29 is 9.13 Å². The first-order valence-electron chi connectivity index (χ1n) is 7.34. The lowest BCUT2D eigenvalue weighted by Gasteiger charge is -2.12. The number of nitrogens with two attached hydrogens (primary N) is 1. The zero-order chi connectivity index (χ0) is 18.0. The first kappa shape index (κ1) is 16.9. The molecule has 4 nitrogen and oxygen atoms in total. The zero-order valence-electron chi connectivity index (χ0n) is 13.3. The van der Waals surface area contributed by atoms with Gasteiger partial charge in [0.1, 0.15) is 29.0 Å². The third kappa shape index (κ3) is 3.19. The lowest BCUT2D eigenvalue weighted by atomic mass is 9.98. The van der Waals surface area contributed by atoms with E-state index in [2.05, 4.69) is 27.0 Å². The maximum absolute atomic E-state index is 14.1. The van der Waals surface area contributed by atoms with Gasteiger partial charge in [0.15, 0.2) is 0 Å². The molecule has 0 radical (unpaired) electrons. The number of nitrogen functional groups attached to an aromatic ring is 1. The van der Waals surface area contributed by atoms with E-state index < -0.39 is 5.82 Å². The summed E-state index contributed by atoms with van der Waals surface area (Å²) in [6.45, 7) is 0. The van der Waals surface area contributed by atoms with Gasteiger partial charge in [-0.3, -0.25) is 0 Å². The molecule has 0 saturated carbocycles. The second-order valence-electron chi connectivity index (χ2n) is 5.26. The molecule has 0 spiro atoms. The van der Waals surface area contributed by atoms with Crippen LogP contribution < -0.4 is 10.5 Å². The molecule has 0 bridgehead atoms. The standard InChI is InChI=1S/C19H13BrFN3O/c1-25-18-7-6-11(8-15(18)20)13-9-17(24-19(23)14(13)10-22)12-4-2-3-5-16(12)21/h2-9H,1H3,(H2,23,24). The summed E-state index contributed by atoms with van der Waals surface area (Å²) in [5.74, 6) is 0.324. The van der Waals surface area contributed by atoms with E-state index in [1.54, 1.807) is 37.4 Å². The molecule has 0 amide bonds. The van der Waals surface area contributed by atoms with Crippen molar-refractivity contribution in [3.05, 3.63) is 64.4 Å². The average molecular weight is 398 g/mol. The Morgan fingerprint density at radius 3 is 2.56 bits per heavy atom. The van der Waals surface area contributed by atoms with Crippen molar-refractivity contribution in [2.24, 2.45) is 0 Å². The summed E-state index contributed by atoms with van der Waals surface area (Å²) in [4.78, 5) is 4.20. The van der Waals surface area contributed by atoms with Crippen molar-refractivity contribution >= 4 is 21.7 Å². The summed E-state index contributed by atoms with van der Waals surface area (Å²) in [6, 6.07) is 15.5. The number of halogens is 2. The smallest absolute Gasteiger partial charge is 0.142 e. The van der Waals surface area contributed by atoms with E-state index in [0.29, 0.717) is 22.6 Å². The number of methoxy groups -OCH3 is 1. The molecule has 0 fully saturated rings. The number of pyridine rings is 1. The van der Waals surface area contributed by atoms with Gasteiger partial charge in [-0.25, -0.2) is 9.37 Å². The van der Waals surface area contributed by atoms with Crippen LogP contribution in [0, 0.1) is 17.1 Å². The second kappa shape index (κ2) is 6.91. The van der Waals surface area contributed by atoms with Crippen molar-refractivity contribution in [3.8, 4) is 34.2 Å². The molecular weight excluding hydrogens is 385 g/mol. The normalized spacial score (nSPS) is 10.3. The Morgan fingerprint density at radius 2 is 1.92 bits per heavy atom. The lowest BCUT2D eigenvalue weighted by molar-refractivity contribution is 0.412. The molecule has 0 aliphatic carbocycles. The van der Waals surface area contributed by atoms with E-state index in [1.165, 1.54) is 6.07 Å². The molecule has 1 heterocycles. The molecule has 2 aromatic carbocycles. The molecular formula is C19H13BrFN3O. The molecule has 2 N–H and O–H groups in total. The maximum atomic E-state index is 14.1. The van der Waals surface area contributed by atoms with Crippen LogP contribution in [0.1, 0.15) is 5.56 Å². The van der Waals surface area contributed by atoms with E-state index >= 15 is 0 Å². The quantitative estimate of drug-likeness (QED) is 0.689. The van der Waals surface area contributed by atoms with Crippen LogP contribution in [0.4, 0.5) is 10.2 Å². The number of anilines is 1. The van der Waals surface area contributed by atoms with Crippen LogP contribution in [0.15, 0.2) is 53.0 Å². The Labute approximate surface area is 152 Å². The fourth-order valence-electron chi connectivity index (χ4n) is 2.55. The number of nitrogens with zero attached hydrogens (tertiary/aromatic N) is 2. The Hall–Kier alpha value is -2.91. The van der Waals surface area contributed by atoms with Gasteiger partial charge in [-0.2, -0.15) is 5.26 Å². The van der Waals surface area contributed by atoms with E-state index in [-0.39, 0.29) is 11.4 Å². The Morgan fingerprint density at radius 1 is 1.16 bits per heavy atom. The van der Waals surface area contributed by atoms with Gasteiger partial charge in [0.2, 0.25) is 0 Å². The zero-order valence-corrected chi connectivity index (χ0v) is 14.8. The van der Waals surface area contributed by atoms with Gasteiger partial charge in [0, 0.05) is 11.1 Å². The van der Waals surface area contributed by atoms with Crippen molar-refractivity contribution in [2.45, 2.75) is 0 Å². The predicted octanol–water partition coefficient (Wildman–Crippen LogP) is 4.78. The first-order valence-corrected chi connectivity index (χ1v) is 8.14. The van der Waals surface area contributed by atoms with E-state index in [0.717, 1.165) is 10.0 Å². The van der Waals surface area contributed by atoms with Crippen LogP contribution in [0.25, 0.3) is 22.4 Å². The predicted molar refractivity (Wildman–Crippen MR) is 98.4 cm³/mol. The molecule has 1 aromatic heterocycles. The highest BCUT2D eigenvalue weighted by Crippen LogP contribution is 2.35. The van der Waals surface area contributed by atoms with Gasteiger partial charge in [-0.1, -0.05) is 18.2 Å². The van der Waals surface area contributed by atoms with Crippen molar-refractivity contribution in [1.82, 2.24) is 4.98 Å². The highest BCUT2D eigenvalue weighted by Gasteiger charge is 2.16. The molecule has 0 atom stereocenters. The number of hydrogen-bond acceptors (Lipinski definition) is 4. The van der Waals surface area contributed by atoms with Gasteiger partial charge in [-0.05, 0) is 51.8 Å². The summed E-state index contributed by atoms with van der Waals surface area (Å²) in [7, 11) is 1.57. The molecule has 0 unspecified atom stereocenters. The van der Waals surface area contributed by atoms with Crippen LogP contribution in [-0.2, 0) is 0 Å². The highest BCUT2D eigenvalue weighted by atomic mass is 79.9. The fraction of sp³-hybridized carbons (Fsp3) is 0.0526. The minimum atomic E-state index is -0.402. The van der Waals surface area contributed by atoms with Gasteiger partial charge in [0.25, 0.3) is 0 Å². The number of hydrogen-bond donors (Lipinski definition) is 1. The number of ether oxygens (including phenoxy) is 1. The number of aromatic nitrogens is 1. The van der Waals surface area contributed by atoms with E-state index in [4.69, 9.17) is 10.5 Å². The summed E-state index contributed by atoms with van der Waals surface area (Å²) in [5, 5.41) is 9.47. The summed E-state index contributed by atoms with van der Waals surface area (Å²) < 4.78 is 20.1. The number of benzene rings is 2. The topological polar surface area (TPSA) is 71.9 Å². The molecule has 0 saturated heterocycles. The largest absolute Gasteiger partial charge is 0.496 e. The minimum Gasteiger partial charge on any atom is -0.496 e. The van der Waals surface area contributed by atoms with Gasteiger partial charge in [0.05, 0.1) is 17.3 Å². The summed E-state index contributed by atoms with van der Waals surface area (Å²) in [6.07, 6.45) is 0. The van der Waals surface area contributed by atoms with Crippen LogP contribution in [0.5, 0.6) is 5.75 Å². The molecule has 3 rings (SSSR count). The Bertz CT molecular complexity index is 998. The number of rotatable bonds is 3. The fourth-order valence-corrected chi connectivity index (χ4v) is 3.09. The van der Waals surface area contributed by atoms with Crippen LogP contribution in [0.3, 0.4) is 0 Å². The second-order valence-corrected chi connectivity index (χ2v) is 6.11. The van der Waals surface area contributed by atoms with Crippen LogP contribution >= 0.6 is 15.9 Å². The SMILES string of the molecule is COc1ccc(-c2cc(-c3ccccc3F)nc(N)c2C#N)cc1Br. The van der Waals surface area contributed by atoms with E-state index in [9.17, 15) is 9.65 Å². The Kier molecular flexibility index (Phi) is 4.68. The molecule has 25 heavy (non-hydrogen) atoms. The first-order chi connectivity index (χ1) is 12.0. The molecule has 0 aliphatic heterocycles. The third-order valence-electron chi connectivity index (χ3n) is 3.77. The number of nitriles is 1. The lowest BCUT2D eigenvalue weighted by Crippen LogP contribution is -2.00. The monoisotopic (exact) mass is 397 g/mol. The average Bonchev–Trinajstić information content (AvgIpc) is 2.61. The van der Waals surface area contributed by atoms with Crippen molar-refractivity contribution in [3.63, 3.8) is 0 Å².